The Kier molecular flexibility index (Phi) is 4.42. The van der Waals surface area contributed by atoms with E-state index in [-0.39, 0.29) is 11.2 Å². The van der Waals surface area contributed by atoms with Crippen LogP contribution in [0.25, 0.3) is 0 Å². The summed E-state index contributed by atoms with van der Waals surface area (Å²) in [5, 5.41) is -0.0319. The highest BCUT2D eigenvalue weighted by Crippen LogP contribution is 2.28. The van der Waals surface area contributed by atoms with Gasteiger partial charge >= 0.3 is 0 Å². The van der Waals surface area contributed by atoms with Crippen molar-refractivity contribution in [3.63, 3.8) is 0 Å². The molecule has 0 N–H and O–H groups in total. The molecule has 0 radical (unpaired) electrons. The van der Waals surface area contributed by atoms with Gasteiger partial charge in [0.05, 0.1) is 5.25 Å². The van der Waals surface area contributed by atoms with Crippen LogP contribution in [-0.2, 0) is 4.79 Å². The van der Waals surface area contributed by atoms with Gasteiger partial charge in [-0.3, -0.25) is 4.79 Å². The summed E-state index contributed by atoms with van der Waals surface area (Å²) in [7, 11) is 3.59. The van der Waals surface area contributed by atoms with Gasteiger partial charge in [-0.25, -0.2) is 0 Å². The van der Waals surface area contributed by atoms with E-state index in [0.29, 0.717) is 0 Å². The molecule has 0 saturated heterocycles. The molecule has 1 rings (SSSR count). The van der Waals surface area contributed by atoms with Crippen LogP contribution < -0.4 is 0 Å². The number of benzene rings is 1. The predicted molar refractivity (Wildman–Crippen MR) is 69.9 cm³/mol. The van der Waals surface area contributed by atoms with Crippen LogP contribution in [0.5, 0.6) is 0 Å². The van der Waals surface area contributed by atoms with Gasteiger partial charge in [0, 0.05) is 19.0 Å². The third-order valence-electron chi connectivity index (χ3n) is 2.44. The fourth-order valence-corrected chi connectivity index (χ4v) is 2.64. The lowest BCUT2D eigenvalue weighted by Gasteiger charge is -2.17. The molecule has 0 unspecified atom stereocenters. The molecule has 1 aromatic rings. The second-order valence-corrected chi connectivity index (χ2v) is 5.64. The van der Waals surface area contributed by atoms with Crippen LogP contribution in [0.3, 0.4) is 0 Å². The van der Waals surface area contributed by atoms with Gasteiger partial charge in [-0.15, -0.1) is 11.8 Å². The summed E-state index contributed by atoms with van der Waals surface area (Å²) in [6.45, 7) is 6.10. The van der Waals surface area contributed by atoms with Gasteiger partial charge in [-0.05, 0) is 32.4 Å². The number of thioether (sulfide) groups is 1. The van der Waals surface area contributed by atoms with Gasteiger partial charge in [0.1, 0.15) is 0 Å². The minimum Gasteiger partial charge on any atom is -0.348 e. The maximum atomic E-state index is 11.7. The molecule has 3 heteroatoms. The van der Waals surface area contributed by atoms with Crippen LogP contribution in [-0.4, -0.2) is 30.2 Å². The van der Waals surface area contributed by atoms with E-state index in [4.69, 9.17) is 0 Å². The Hall–Kier alpha value is -0.960. The van der Waals surface area contributed by atoms with E-state index in [1.807, 2.05) is 6.92 Å². The Morgan fingerprint density at radius 3 is 2.50 bits per heavy atom. The van der Waals surface area contributed by atoms with Gasteiger partial charge in [-0.2, -0.15) is 0 Å². The summed E-state index contributed by atoms with van der Waals surface area (Å²) < 4.78 is 0. The molecule has 1 aromatic carbocycles. The number of amides is 1. The molecule has 0 saturated carbocycles. The molecule has 2 nitrogen and oxygen atoms in total. The Morgan fingerprint density at radius 1 is 1.31 bits per heavy atom. The molecule has 0 aliphatic rings. The number of carbonyl (C=O) groups excluding carboxylic acids is 1. The van der Waals surface area contributed by atoms with Crippen LogP contribution in [0.4, 0.5) is 0 Å². The van der Waals surface area contributed by atoms with Crippen LogP contribution in [0.1, 0.15) is 18.1 Å². The minimum atomic E-state index is -0.0319. The number of carbonyl (C=O) groups is 1. The third-order valence-corrected chi connectivity index (χ3v) is 3.68. The summed E-state index contributed by atoms with van der Waals surface area (Å²) in [6, 6.07) is 6.34. The zero-order valence-electron chi connectivity index (χ0n) is 10.6. The zero-order chi connectivity index (χ0) is 12.3. The first-order valence-electron chi connectivity index (χ1n) is 5.37. The molecule has 88 valence electrons. The maximum absolute atomic E-state index is 11.7. The van der Waals surface area contributed by atoms with Crippen molar-refractivity contribution >= 4 is 17.7 Å². The van der Waals surface area contributed by atoms with E-state index in [0.717, 1.165) is 0 Å². The standard InChI is InChI=1S/C13H19NOS/c1-9-6-7-10(2)12(8-9)16-11(3)13(15)14(4)5/h6-8,11H,1-5H3/t11-/m1/s1. The fourth-order valence-electron chi connectivity index (χ4n) is 1.44. The lowest BCUT2D eigenvalue weighted by atomic mass is 10.2. The van der Waals surface area contributed by atoms with E-state index in [9.17, 15) is 4.79 Å². The highest BCUT2D eigenvalue weighted by Gasteiger charge is 2.16. The molecule has 16 heavy (non-hydrogen) atoms. The normalized spacial score (nSPS) is 12.3. The van der Waals surface area contributed by atoms with Crippen molar-refractivity contribution in [2.24, 2.45) is 0 Å². The van der Waals surface area contributed by atoms with Crippen molar-refractivity contribution in [2.75, 3.05) is 14.1 Å². The molecular formula is C13H19NOS. The monoisotopic (exact) mass is 237 g/mol. The summed E-state index contributed by atoms with van der Waals surface area (Å²) in [5.74, 6) is 0.158. The van der Waals surface area contributed by atoms with Crippen molar-refractivity contribution in [3.05, 3.63) is 29.3 Å². The van der Waals surface area contributed by atoms with E-state index in [2.05, 4.69) is 32.0 Å². The Labute approximate surface area is 102 Å². The molecule has 0 aromatic heterocycles. The average Bonchev–Trinajstić information content (AvgIpc) is 2.22. The minimum absolute atomic E-state index is 0.0319. The molecule has 0 bridgehead atoms. The topological polar surface area (TPSA) is 20.3 Å². The maximum Gasteiger partial charge on any atom is 0.235 e. The van der Waals surface area contributed by atoms with Crippen molar-refractivity contribution < 1.29 is 4.79 Å². The molecule has 0 spiro atoms. The van der Waals surface area contributed by atoms with Gasteiger partial charge in [0.15, 0.2) is 0 Å². The summed E-state index contributed by atoms with van der Waals surface area (Å²) in [5.41, 5.74) is 2.46. The third kappa shape index (κ3) is 3.27. The number of aryl methyl sites for hydroxylation is 2. The highest BCUT2D eigenvalue weighted by atomic mass is 32.2. The second-order valence-electron chi connectivity index (χ2n) is 4.26. The first-order valence-corrected chi connectivity index (χ1v) is 6.25. The first kappa shape index (κ1) is 13.1. The number of hydrogen-bond donors (Lipinski definition) is 0. The van der Waals surface area contributed by atoms with E-state index >= 15 is 0 Å². The van der Waals surface area contributed by atoms with Gasteiger partial charge in [0.2, 0.25) is 5.91 Å². The number of nitrogens with zero attached hydrogens (tertiary/aromatic N) is 1. The van der Waals surface area contributed by atoms with E-state index in [1.54, 1.807) is 30.8 Å². The predicted octanol–water partition coefficient (Wildman–Crippen LogP) is 2.87. The van der Waals surface area contributed by atoms with Crippen molar-refractivity contribution in [1.82, 2.24) is 4.90 Å². The fraction of sp³-hybridized carbons (Fsp3) is 0.462. The van der Waals surface area contributed by atoms with E-state index < -0.39 is 0 Å². The Morgan fingerprint density at radius 2 is 1.94 bits per heavy atom. The number of rotatable bonds is 3. The van der Waals surface area contributed by atoms with Crippen LogP contribution >= 0.6 is 11.8 Å². The van der Waals surface area contributed by atoms with Crippen LogP contribution in [0.2, 0.25) is 0 Å². The zero-order valence-corrected chi connectivity index (χ0v) is 11.4. The van der Waals surface area contributed by atoms with Crippen LogP contribution in [0, 0.1) is 13.8 Å². The summed E-state index contributed by atoms with van der Waals surface area (Å²) in [6.07, 6.45) is 0. The lowest BCUT2D eigenvalue weighted by Crippen LogP contribution is -2.29. The van der Waals surface area contributed by atoms with Gasteiger partial charge in [-0.1, -0.05) is 17.7 Å². The largest absolute Gasteiger partial charge is 0.348 e. The Bertz CT molecular complexity index is 388. The molecule has 1 amide bonds. The second kappa shape index (κ2) is 5.39. The summed E-state index contributed by atoms with van der Waals surface area (Å²) >= 11 is 1.63. The molecule has 0 heterocycles. The SMILES string of the molecule is Cc1ccc(C)c(S[C@H](C)C(=O)N(C)C)c1. The quantitative estimate of drug-likeness (QED) is 0.753. The lowest BCUT2D eigenvalue weighted by molar-refractivity contribution is -0.127. The molecule has 0 fully saturated rings. The molecular weight excluding hydrogens is 218 g/mol. The van der Waals surface area contributed by atoms with Gasteiger partial charge < -0.3 is 4.90 Å². The van der Waals surface area contributed by atoms with Crippen molar-refractivity contribution in [2.45, 2.75) is 30.9 Å². The van der Waals surface area contributed by atoms with Gasteiger partial charge in [0.25, 0.3) is 0 Å². The number of hydrogen-bond acceptors (Lipinski definition) is 2. The highest BCUT2D eigenvalue weighted by molar-refractivity contribution is 8.00. The molecule has 1 atom stereocenters. The van der Waals surface area contributed by atoms with Crippen LogP contribution in [0.15, 0.2) is 23.1 Å². The molecule has 0 aliphatic heterocycles. The smallest absolute Gasteiger partial charge is 0.235 e. The molecule has 0 aliphatic carbocycles. The van der Waals surface area contributed by atoms with Crippen molar-refractivity contribution in [3.8, 4) is 0 Å². The van der Waals surface area contributed by atoms with E-state index in [1.165, 1.54) is 16.0 Å². The Balaban J connectivity index is 2.80. The first-order chi connectivity index (χ1) is 7.41. The van der Waals surface area contributed by atoms with Crippen molar-refractivity contribution in [1.29, 1.82) is 0 Å². The average molecular weight is 237 g/mol. The summed E-state index contributed by atoms with van der Waals surface area (Å²) in [4.78, 5) is 14.6.